The first-order valence-electron chi connectivity index (χ1n) is 8.97. The molecule has 152 valence electrons. The number of rotatable bonds is 8. The highest BCUT2D eigenvalue weighted by atomic mass is 32.2. The fourth-order valence-corrected chi connectivity index (χ4v) is 3.50. The molecule has 0 aliphatic heterocycles. The van der Waals surface area contributed by atoms with Crippen LogP contribution in [-0.4, -0.2) is 45.4 Å². The number of Topliss-reactive ketones (excluding diaryl/α,β-unsaturated/α-hetero) is 1. The Morgan fingerprint density at radius 3 is 2.76 bits per heavy atom. The lowest BCUT2D eigenvalue weighted by Gasteiger charge is -2.10. The molecule has 2 N–H and O–H groups in total. The molecule has 1 amide bonds. The number of ketones is 1. The summed E-state index contributed by atoms with van der Waals surface area (Å²) in [5.41, 5.74) is 2.11. The van der Waals surface area contributed by atoms with Gasteiger partial charge in [-0.3, -0.25) is 14.4 Å². The minimum Gasteiger partial charge on any atom is -0.457 e. The van der Waals surface area contributed by atoms with E-state index in [2.05, 4.69) is 15.5 Å². The van der Waals surface area contributed by atoms with E-state index in [4.69, 9.17) is 9.26 Å². The first-order chi connectivity index (χ1) is 13.8. The normalized spacial score (nSPS) is 12.0. The number of fused-ring (bicyclic) bond motifs is 1. The molecule has 0 radical (unpaired) electrons. The number of thioether (sulfide) groups is 1. The standard InChI is InChI=1S/C20H21N3O5S/c1-11-8-17(23-28-11)22-20(26)13(3)29-10-18(25)27-9-16(24)19-12(2)21-15-7-5-4-6-14(15)19/h4-8,13,21H,9-10H2,1-3H3,(H,22,23,26)/t13-/m0/s1. The van der Waals surface area contributed by atoms with Gasteiger partial charge in [0.1, 0.15) is 5.76 Å². The number of benzene rings is 1. The van der Waals surface area contributed by atoms with E-state index in [1.807, 2.05) is 31.2 Å². The van der Waals surface area contributed by atoms with Crippen LogP contribution in [0.1, 0.15) is 28.7 Å². The molecule has 2 heterocycles. The van der Waals surface area contributed by atoms with Gasteiger partial charge in [0.25, 0.3) is 0 Å². The van der Waals surface area contributed by atoms with Crippen molar-refractivity contribution in [2.45, 2.75) is 26.0 Å². The second kappa shape index (κ2) is 8.95. The van der Waals surface area contributed by atoms with Gasteiger partial charge in [-0.15, -0.1) is 11.8 Å². The number of aromatic amines is 1. The molecule has 1 atom stereocenters. The molecule has 0 aliphatic rings. The largest absolute Gasteiger partial charge is 0.457 e. The zero-order chi connectivity index (χ0) is 21.0. The number of H-pyrrole nitrogens is 1. The number of carbonyl (C=O) groups excluding carboxylic acids is 3. The van der Waals surface area contributed by atoms with Crippen molar-refractivity contribution in [3.05, 3.63) is 47.3 Å². The summed E-state index contributed by atoms with van der Waals surface area (Å²) >= 11 is 1.11. The molecule has 1 aromatic carbocycles. The van der Waals surface area contributed by atoms with Crippen LogP contribution in [0.25, 0.3) is 10.9 Å². The van der Waals surface area contributed by atoms with E-state index in [1.54, 1.807) is 19.9 Å². The molecule has 8 nitrogen and oxygen atoms in total. The van der Waals surface area contributed by atoms with Crippen LogP contribution in [0.2, 0.25) is 0 Å². The van der Waals surface area contributed by atoms with Crippen molar-refractivity contribution < 1.29 is 23.6 Å². The van der Waals surface area contributed by atoms with E-state index in [1.165, 1.54) is 0 Å². The fraction of sp³-hybridized carbons (Fsp3) is 0.300. The van der Waals surface area contributed by atoms with Gasteiger partial charge in [-0.05, 0) is 26.8 Å². The number of carbonyl (C=O) groups is 3. The first kappa shape index (κ1) is 20.7. The van der Waals surface area contributed by atoms with Crippen molar-refractivity contribution in [3.8, 4) is 0 Å². The third kappa shape index (κ3) is 5.05. The van der Waals surface area contributed by atoms with Crippen LogP contribution < -0.4 is 5.32 Å². The lowest BCUT2D eigenvalue weighted by atomic mass is 10.1. The second-order valence-corrected chi connectivity index (χ2v) is 7.85. The Kier molecular flexibility index (Phi) is 6.38. The Bertz CT molecular complexity index is 1060. The molecule has 0 fully saturated rings. The number of hydrogen-bond acceptors (Lipinski definition) is 7. The van der Waals surface area contributed by atoms with Gasteiger partial charge in [0.2, 0.25) is 11.7 Å². The average molecular weight is 415 g/mol. The summed E-state index contributed by atoms with van der Waals surface area (Å²) in [6, 6.07) is 9.06. The van der Waals surface area contributed by atoms with Crippen molar-refractivity contribution in [1.82, 2.24) is 10.1 Å². The number of aryl methyl sites for hydroxylation is 2. The molecule has 0 spiro atoms. The van der Waals surface area contributed by atoms with Crippen LogP contribution in [0, 0.1) is 13.8 Å². The molecule has 3 aromatic rings. The van der Waals surface area contributed by atoms with Crippen LogP contribution in [0.15, 0.2) is 34.9 Å². The highest BCUT2D eigenvalue weighted by Gasteiger charge is 2.20. The van der Waals surface area contributed by atoms with Crippen molar-refractivity contribution in [2.24, 2.45) is 0 Å². The molecule has 0 saturated carbocycles. The quantitative estimate of drug-likeness (QED) is 0.429. The first-order valence-corrected chi connectivity index (χ1v) is 10.0. The zero-order valence-corrected chi connectivity index (χ0v) is 17.1. The zero-order valence-electron chi connectivity index (χ0n) is 16.3. The Hall–Kier alpha value is -3.07. The highest BCUT2D eigenvalue weighted by molar-refractivity contribution is 8.01. The Balaban J connectivity index is 1.47. The predicted octanol–water partition coefficient (Wildman–Crippen LogP) is 3.26. The molecule has 0 saturated heterocycles. The molecule has 3 rings (SSSR count). The van der Waals surface area contributed by atoms with E-state index >= 15 is 0 Å². The van der Waals surface area contributed by atoms with Gasteiger partial charge in [0, 0.05) is 28.2 Å². The maximum atomic E-state index is 12.5. The smallest absolute Gasteiger partial charge is 0.316 e. The summed E-state index contributed by atoms with van der Waals surface area (Å²) in [6.07, 6.45) is 0. The molecule has 29 heavy (non-hydrogen) atoms. The van der Waals surface area contributed by atoms with Gasteiger partial charge in [-0.2, -0.15) is 0 Å². The number of ether oxygens (including phenoxy) is 1. The summed E-state index contributed by atoms with van der Waals surface area (Å²) in [7, 11) is 0. The fourth-order valence-electron chi connectivity index (χ4n) is 2.82. The number of hydrogen-bond donors (Lipinski definition) is 2. The third-order valence-corrected chi connectivity index (χ3v) is 5.35. The Labute approximate surface area is 171 Å². The van der Waals surface area contributed by atoms with Crippen LogP contribution in [0.3, 0.4) is 0 Å². The molecule has 0 unspecified atom stereocenters. The predicted molar refractivity (Wildman–Crippen MR) is 110 cm³/mol. The van der Waals surface area contributed by atoms with Crippen molar-refractivity contribution in [1.29, 1.82) is 0 Å². The SMILES string of the molecule is Cc1cc(NC(=O)[C@H](C)SCC(=O)OCC(=O)c2c(C)[nH]c3ccccc23)no1. The highest BCUT2D eigenvalue weighted by Crippen LogP contribution is 2.22. The lowest BCUT2D eigenvalue weighted by Crippen LogP contribution is -2.24. The van der Waals surface area contributed by atoms with Crippen LogP contribution in [-0.2, 0) is 14.3 Å². The maximum Gasteiger partial charge on any atom is 0.316 e. The third-order valence-electron chi connectivity index (χ3n) is 4.24. The minimum absolute atomic E-state index is 0.0490. The number of nitrogens with one attached hydrogen (secondary N) is 2. The number of nitrogens with zero attached hydrogens (tertiary/aromatic N) is 1. The second-order valence-electron chi connectivity index (χ2n) is 6.52. The van der Waals surface area contributed by atoms with Crippen molar-refractivity contribution in [2.75, 3.05) is 17.7 Å². The van der Waals surface area contributed by atoms with E-state index < -0.39 is 11.2 Å². The lowest BCUT2D eigenvalue weighted by molar-refractivity contribution is -0.139. The van der Waals surface area contributed by atoms with E-state index in [-0.39, 0.29) is 24.1 Å². The van der Waals surface area contributed by atoms with Gasteiger partial charge in [-0.25, -0.2) is 0 Å². The summed E-state index contributed by atoms with van der Waals surface area (Å²) < 4.78 is 9.98. The Morgan fingerprint density at radius 2 is 2.03 bits per heavy atom. The monoisotopic (exact) mass is 415 g/mol. The summed E-state index contributed by atoms with van der Waals surface area (Å²) in [5.74, 6) is -0.279. The number of esters is 1. The molecule has 9 heteroatoms. The molecular weight excluding hydrogens is 394 g/mol. The molecule has 0 aliphatic carbocycles. The molecular formula is C20H21N3O5S. The van der Waals surface area contributed by atoms with Crippen LogP contribution in [0.4, 0.5) is 5.82 Å². The average Bonchev–Trinajstić information content (AvgIpc) is 3.25. The van der Waals surface area contributed by atoms with E-state index in [0.717, 1.165) is 28.4 Å². The maximum absolute atomic E-state index is 12.5. The van der Waals surface area contributed by atoms with Crippen molar-refractivity contribution >= 4 is 46.1 Å². The summed E-state index contributed by atoms with van der Waals surface area (Å²) in [4.78, 5) is 39.7. The van der Waals surface area contributed by atoms with Gasteiger partial charge < -0.3 is 19.6 Å². The summed E-state index contributed by atoms with van der Waals surface area (Å²) in [6.45, 7) is 4.85. The van der Waals surface area contributed by atoms with E-state index in [9.17, 15) is 14.4 Å². The molecule has 2 aromatic heterocycles. The summed E-state index contributed by atoms with van der Waals surface area (Å²) in [5, 5.41) is 6.58. The van der Waals surface area contributed by atoms with E-state index in [0.29, 0.717) is 17.1 Å². The van der Waals surface area contributed by atoms with Crippen molar-refractivity contribution in [3.63, 3.8) is 0 Å². The Morgan fingerprint density at radius 1 is 1.28 bits per heavy atom. The number of amides is 1. The van der Waals surface area contributed by atoms with Gasteiger partial charge in [0.15, 0.2) is 12.4 Å². The number of anilines is 1. The molecule has 0 bridgehead atoms. The minimum atomic E-state index is -0.558. The van der Waals surface area contributed by atoms with Gasteiger partial charge in [0.05, 0.1) is 11.0 Å². The van der Waals surface area contributed by atoms with Gasteiger partial charge in [-0.1, -0.05) is 23.4 Å². The number of aromatic nitrogens is 2. The van der Waals surface area contributed by atoms with Crippen LogP contribution >= 0.6 is 11.8 Å². The topological polar surface area (TPSA) is 114 Å². The number of para-hydroxylation sites is 1. The van der Waals surface area contributed by atoms with Gasteiger partial charge >= 0.3 is 5.97 Å². The van der Waals surface area contributed by atoms with Crippen LogP contribution in [0.5, 0.6) is 0 Å².